The summed E-state index contributed by atoms with van der Waals surface area (Å²) in [6.07, 6.45) is 4.17. The number of aromatic nitrogens is 2. The molecule has 0 amide bonds. The summed E-state index contributed by atoms with van der Waals surface area (Å²) in [4.78, 5) is 12.2. The highest BCUT2D eigenvalue weighted by molar-refractivity contribution is 7.16. The Kier molecular flexibility index (Phi) is 2.24. The number of thiophene rings is 1. The maximum atomic E-state index is 5.83. The molecule has 2 unspecified atom stereocenters. The summed E-state index contributed by atoms with van der Waals surface area (Å²) < 4.78 is 0. The number of rotatable bonds is 1. The van der Waals surface area contributed by atoms with Gasteiger partial charge in [0, 0.05) is 13.1 Å². The molecule has 2 aromatic heterocycles. The standard InChI is InChI=1S/C13H16N4S/c14-13-15-11(10-4-5-18-12(10)16-13)17-6-8-2-1-3-9(8)7-17/h4-5,8-9H,1-3,6-7H2,(H2,14,15,16). The topological polar surface area (TPSA) is 55.0 Å². The minimum Gasteiger partial charge on any atom is -0.368 e. The van der Waals surface area contributed by atoms with Gasteiger partial charge in [-0.1, -0.05) is 6.42 Å². The number of nitrogens with zero attached hydrogens (tertiary/aromatic N) is 3. The normalized spacial score (nSPS) is 27.0. The van der Waals surface area contributed by atoms with Crippen LogP contribution in [0.1, 0.15) is 19.3 Å². The van der Waals surface area contributed by atoms with Gasteiger partial charge < -0.3 is 10.6 Å². The fourth-order valence-electron chi connectivity index (χ4n) is 3.50. The molecule has 2 fully saturated rings. The van der Waals surface area contributed by atoms with E-state index in [1.807, 2.05) is 0 Å². The quantitative estimate of drug-likeness (QED) is 0.856. The van der Waals surface area contributed by atoms with Crippen LogP contribution < -0.4 is 10.6 Å². The Balaban J connectivity index is 1.76. The van der Waals surface area contributed by atoms with E-state index in [4.69, 9.17) is 5.73 Å². The van der Waals surface area contributed by atoms with Gasteiger partial charge in [-0.25, -0.2) is 4.98 Å². The van der Waals surface area contributed by atoms with Crippen LogP contribution in [0.15, 0.2) is 11.4 Å². The summed E-state index contributed by atoms with van der Waals surface area (Å²) >= 11 is 1.64. The average molecular weight is 260 g/mol. The van der Waals surface area contributed by atoms with Crippen molar-refractivity contribution in [1.82, 2.24) is 9.97 Å². The fourth-order valence-corrected chi connectivity index (χ4v) is 4.27. The van der Waals surface area contributed by atoms with Gasteiger partial charge in [-0.2, -0.15) is 4.98 Å². The summed E-state index contributed by atoms with van der Waals surface area (Å²) in [5.74, 6) is 3.19. The number of anilines is 2. The third kappa shape index (κ3) is 1.50. The molecule has 4 nitrogen and oxygen atoms in total. The predicted molar refractivity (Wildman–Crippen MR) is 74.9 cm³/mol. The second kappa shape index (κ2) is 3.82. The first-order chi connectivity index (χ1) is 8.81. The van der Waals surface area contributed by atoms with Crippen LogP contribution in [-0.2, 0) is 0 Å². The van der Waals surface area contributed by atoms with E-state index in [-0.39, 0.29) is 0 Å². The molecule has 0 aromatic carbocycles. The van der Waals surface area contributed by atoms with Crippen LogP contribution in [0.25, 0.3) is 10.2 Å². The lowest BCUT2D eigenvalue weighted by Crippen LogP contribution is -2.22. The van der Waals surface area contributed by atoms with Crippen molar-refractivity contribution >= 4 is 33.3 Å². The summed E-state index contributed by atoms with van der Waals surface area (Å²) in [5.41, 5.74) is 5.83. The third-order valence-corrected chi connectivity index (χ3v) is 5.15. The molecule has 1 saturated carbocycles. The van der Waals surface area contributed by atoms with E-state index >= 15 is 0 Å². The van der Waals surface area contributed by atoms with E-state index in [1.54, 1.807) is 11.3 Å². The second-order valence-corrected chi connectivity index (χ2v) is 6.30. The number of nitrogen functional groups attached to an aromatic ring is 1. The number of fused-ring (bicyclic) bond motifs is 2. The van der Waals surface area contributed by atoms with E-state index in [9.17, 15) is 0 Å². The van der Waals surface area contributed by atoms with Crippen LogP contribution in [0.4, 0.5) is 11.8 Å². The molecule has 18 heavy (non-hydrogen) atoms. The van der Waals surface area contributed by atoms with Crippen molar-refractivity contribution < 1.29 is 0 Å². The first kappa shape index (κ1) is 10.6. The maximum Gasteiger partial charge on any atom is 0.223 e. The minimum absolute atomic E-state index is 0.400. The minimum atomic E-state index is 0.400. The van der Waals surface area contributed by atoms with Crippen LogP contribution in [0.2, 0.25) is 0 Å². The van der Waals surface area contributed by atoms with Crippen LogP contribution in [0, 0.1) is 11.8 Å². The second-order valence-electron chi connectivity index (χ2n) is 5.40. The van der Waals surface area contributed by atoms with Gasteiger partial charge in [0.05, 0.1) is 5.39 Å². The molecule has 0 spiro atoms. The van der Waals surface area contributed by atoms with Crippen molar-refractivity contribution in [2.75, 3.05) is 23.7 Å². The van der Waals surface area contributed by atoms with Crippen molar-refractivity contribution in [2.24, 2.45) is 11.8 Å². The van der Waals surface area contributed by atoms with E-state index in [0.717, 1.165) is 41.0 Å². The number of hydrogen-bond acceptors (Lipinski definition) is 5. The third-order valence-electron chi connectivity index (χ3n) is 4.35. The molecule has 1 aliphatic carbocycles. The van der Waals surface area contributed by atoms with Gasteiger partial charge in [-0.05, 0) is 36.1 Å². The molecule has 5 heteroatoms. The van der Waals surface area contributed by atoms with E-state index in [0.29, 0.717) is 5.95 Å². The molecular formula is C13H16N4S. The Labute approximate surface area is 110 Å². The lowest BCUT2D eigenvalue weighted by molar-refractivity contribution is 0.494. The summed E-state index contributed by atoms with van der Waals surface area (Å²) in [6, 6.07) is 2.11. The molecule has 2 atom stereocenters. The van der Waals surface area contributed by atoms with Crippen molar-refractivity contribution in [1.29, 1.82) is 0 Å². The SMILES string of the molecule is Nc1nc(N2CC3CCCC3C2)c2ccsc2n1. The van der Waals surface area contributed by atoms with Crippen LogP contribution in [0.3, 0.4) is 0 Å². The van der Waals surface area contributed by atoms with Gasteiger partial charge >= 0.3 is 0 Å². The Hall–Kier alpha value is -1.36. The Morgan fingerprint density at radius 3 is 2.78 bits per heavy atom. The van der Waals surface area contributed by atoms with Crippen LogP contribution in [-0.4, -0.2) is 23.1 Å². The summed E-state index contributed by atoms with van der Waals surface area (Å²) in [5, 5.41) is 3.23. The average Bonchev–Trinajstić information content (AvgIpc) is 3.01. The first-order valence-corrected chi connectivity index (χ1v) is 7.45. The lowest BCUT2D eigenvalue weighted by atomic mass is 10.0. The lowest BCUT2D eigenvalue weighted by Gasteiger charge is -2.19. The Morgan fingerprint density at radius 1 is 1.22 bits per heavy atom. The Morgan fingerprint density at radius 2 is 2.00 bits per heavy atom. The van der Waals surface area contributed by atoms with Crippen molar-refractivity contribution in [3.63, 3.8) is 0 Å². The summed E-state index contributed by atoms with van der Waals surface area (Å²) in [7, 11) is 0. The summed E-state index contributed by atoms with van der Waals surface area (Å²) in [6.45, 7) is 2.29. The zero-order valence-corrected chi connectivity index (χ0v) is 11.0. The molecule has 2 N–H and O–H groups in total. The van der Waals surface area contributed by atoms with Gasteiger partial charge in [0.2, 0.25) is 5.95 Å². The monoisotopic (exact) mass is 260 g/mol. The molecule has 1 aliphatic heterocycles. The largest absolute Gasteiger partial charge is 0.368 e. The molecule has 1 saturated heterocycles. The van der Waals surface area contributed by atoms with E-state index < -0.39 is 0 Å². The number of hydrogen-bond donors (Lipinski definition) is 1. The van der Waals surface area contributed by atoms with Crippen molar-refractivity contribution in [2.45, 2.75) is 19.3 Å². The molecule has 2 aromatic rings. The van der Waals surface area contributed by atoms with Gasteiger partial charge in [-0.15, -0.1) is 11.3 Å². The van der Waals surface area contributed by atoms with Gasteiger partial charge in [0.15, 0.2) is 0 Å². The van der Waals surface area contributed by atoms with Gasteiger partial charge in [-0.3, -0.25) is 0 Å². The highest BCUT2D eigenvalue weighted by Crippen LogP contribution is 2.41. The maximum absolute atomic E-state index is 5.83. The highest BCUT2D eigenvalue weighted by atomic mass is 32.1. The fraction of sp³-hybridized carbons (Fsp3) is 0.538. The van der Waals surface area contributed by atoms with Crippen molar-refractivity contribution in [3.05, 3.63) is 11.4 Å². The molecule has 0 bridgehead atoms. The molecular weight excluding hydrogens is 244 g/mol. The van der Waals surface area contributed by atoms with Gasteiger partial charge in [0.1, 0.15) is 10.6 Å². The molecule has 2 aliphatic rings. The molecule has 94 valence electrons. The number of nitrogens with two attached hydrogens (primary N) is 1. The predicted octanol–water partition coefficient (Wildman–Crippen LogP) is 2.51. The Bertz CT molecular complexity index is 582. The molecule has 3 heterocycles. The van der Waals surface area contributed by atoms with Gasteiger partial charge in [0.25, 0.3) is 0 Å². The molecule has 0 radical (unpaired) electrons. The first-order valence-electron chi connectivity index (χ1n) is 6.57. The van der Waals surface area contributed by atoms with Crippen molar-refractivity contribution in [3.8, 4) is 0 Å². The highest BCUT2D eigenvalue weighted by Gasteiger charge is 2.37. The molecule has 4 rings (SSSR count). The van der Waals surface area contributed by atoms with E-state index in [1.165, 1.54) is 19.3 Å². The van der Waals surface area contributed by atoms with Crippen LogP contribution >= 0.6 is 11.3 Å². The zero-order chi connectivity index (χ0) is 12.1. The van der Waals surface area contributed by atoms with E-state index in [2.05, 4.69) is 26.3 Å². The smallest absolute Gasteiger partial charge is 0.223 e. The van der Waals surface area contributed by atoms with Crippen LogP contribution in [0.5, 0.6) is 0 Å². The zero-order valence-electron chi connectivity index (χ0n) is 10.2.